The Kier molecular flexibility index (Phi) is 7.01. The number of carbonyl (C=O) groups excluding carboxylic acids is 2. The number of halogens is 1. The number of pyridine rings is 1. The van der Waals surface area contributed by atoms with Gasteiger partial charge in [0.2, 0.25) is 5.91 Å². The average molecular weight is 488 g/mol. The lowest BCUT2D eigenvalue weighted by molar-refractivity contribution is 0.0997. The Balaban J connectivity index is 1.72. The summed E-state index contributed by atoms with van der Waals surface area (Å²) in [5.41, 5.74) is 10.9. The number of carbonyl (C=O) groups is 2. The molecule has 0 radical (unpaired) electrons. The maximum absolute atomic E-state index is 13.4. The Morgan fingerprint density at radius 2 is 1.76 bits per heavy atom. The number of nitrogens with two attached hydrogens (primary N) is 1. The highest BCUT2D eigenvalue weighted by Crippen LogP contribution is 2.33. The van der Waals surface area contributed by atoms with Crippen LogP contribution in [0.1, 0.15) is 26.3 Å². The van der Waals surface area contributed by atoms with Crippen LogP contribution in [0.2, 0.25) is 5.02 Å². The minimum Gasteiger partial charge on any atom is -0.366 e. The molecule has 170 valence electrons. The second-order valence-corrected chi connectivity index (χ2v) is 8.96. The summed E-state index contributed by atoms with van der Waals surface area (Å²) in [4.78, 5) is 30.3. The fourth-order valence-corrected chi connectivity index (χ4v) is 4.36. The number of hydrogen-bond acceptors (Lipinski definition) is 4. The standard InChI is InChI=1S/C27H22ClN3O2S/c1-16-13-17(26(29)32)6-9-20(16)22-15-19(34-2)8-10-21(22)27(33)31-18-7-11-24(28)23(14-18)25-5-3-4-12-30-25/h3-15H,1-2H3,(H2,29,32)(H,31,33). The molecule has 4 aromatic rings. The smallest absolute Gasteiger partial charge is 0.256 e. The first kappa shape index (κ1) is 23.5. The van der Waals surface area contributed by atoms with Crippen molar-refractivity contribution in [2.45, 2.75) is 11.8 Å². The summed E-state index contributed by atoms with van der Waals surface area (Å²) < 4.78 is 0. The predicted molar refractivity (Wildman–Crippen MR) is 140 cm³/mol. The van der Waals surface area contributed by atoms with Gasteiger partial charge in [-0.2, -0.15) is 0 Å². The normalized spacial score (nSPS) is 10.7. The van der Waals surface area contributed by atoms with Crippen LogP contribution < -0.4 is 11.1 Å². The van der Waals surface area contributed by atoms with Gasteiger partial charge in [-0.15, -0.1) is 11.8 Å². The van der Waals surface area contributed by atoms with Gasteiger partial charge in [-0.05, 0) is 90.5 Å². The maximum atomic E-state index is 13.4. The number of amides is 2. The summed E-state index contributed by atoms with van der Waals surface area (Å²) in [5, 5.41) is 3.53. The first-order chi connectivity index (χ1) is 16.4. The number of aromatic nitrogens is 1. The molecule has 34 heavy (non-hydrogen) atoms. The highest BCUT2D eigenvalue weighted by molar-refractivity contribution is 7.98. The van der Waals surface area contributed by atoms with E-state index < -0.39 is 5.91 Å². The Labute approximate surface area is 207 Å². The predicted octanol–water partition coefficient (Wildman–Crippen LogP) is 6.45. The quantitative estimate of drug-likeness (QED) is 0.306. The summed E-state index contributed by atoms with van der Waals surface area (Å²) in [6.45, 7) is 1.90. The molecule has 1 aromatic heterocycles. The monoisotopic (exact) mass is 487 g/mol. The Bertz CT molecular complexity index is 1390. The van der Waals surface area contributed by atoms with Crippen molar-refractivity contribution in [3.8, 4) is 22.4 Å². The fraction of sp³-hybridized carbons (Fsp3) is 0.0741. The molecule has 3 N–H and O–H groups in total. The Morgan fingerprint density at radius 1 is 0.941 bits per heavy atom. The van der Waals surface area contributed by atoms with Crippen LogP contribution in [-0.4, -0.2) is 23.1 Å². The van der Waals surface area contributed by atoms with Gasteiger partial charge < -0.3 is 11.1 Å². The van der Waals surface area contributed by atoms with Gasteiger partial charge in [0.1, 0.15) is 0 Å². The Morgan fingerprint density at radius 3 is 2.44 bits per heavy atom. The number of nitrogens with zero attached hydrogens (tertiary/aromatic N) is 1. The molecule has 2 amide bonds. The van der Waals surface area contributed by atoms with Crippen LogP contribution in [-0.2, 0) is 0 Å². The third kappa shape index (κ3) is 4.98. The molecule has 0 aliphatic heterocycles. The van der Waals surface area contributed by atoms with E-state index in [9.17, 15) is 9.59 Å². The molecule has 0 saturated heterocycles. The van der Waals surface area contributed by atoms with E-state index >= 15 is 0 Å². The van der Waals surface area contributed by atoms with E-state index in [1.54, 1.807) is 42.2 Å². The van der Waals surface area contributed by atoms with Gasteiger partial charge in [0.15, 0.2) is 0 Å². The molecule has 0 aliphatic carbocycles. The number of thioether (sulfide) groups is 1. The zero-order valence-corrected chi connectivity index (χ0v) is 20.2. The van der Waals surface area contributed by atoms with E-state index in [2.05, 4.69) is 10.3 Å². The minimum atomic E-state index is -0.489. The van der Waals surface area contributed by atoms with Gasteiger partial charge >= 0.3 is 0 Å². The fourth-order valence-electron chi connectivity index (χ4n) is 3.71. The molecule has 0 atom stereocenters. The van der Waals surface area contributed by atoms with Crippen molar-refractivity contribution >= 4 is 40.9 Å². The van der Waals surface area contributed by atoms with Gasteiger partial charge in [0.05, 0.1) is 10.7 Å². The van der Waals surface area contributed by atoms with Crippen molar-refractivity contribution in [1.82, 2.24) is 4.98 Å². The molecular weight excluding hydrogens is 466 g/mol. The van der Waals surface area contributed by atoms with Crippen molar-refractivity contribution < 1.29 is 9.59 Å². The molecule has 0 spiro atoms. The lowest BCUT2D eigenvalue weighted by Crippen LogP contribution is -2.14. The lowest BCUT2D eigenvalue weighted by atomic mass is 9.94. The number of benzene rings is 3. The van der Waals surface area contributed by atoms with Crippen LogP contribution in [0.5, 0.6) is 0 Å². The molecule has 5 nitrogen and oxygen atoms in total. The van der Waals surface area contributed by atoms with Crippen molar-refractivity contribution in [1.29, 1.82) is 0 Å². The van der Waals surface area contributed by atoms with Gasteiger partial charge in [-0.1, -0.05) is 23.7 Å². The summed E-state index contributed by atoms with van der Waals surface area (Å²) in [6.07, 6.45) is 3.68. The van der Waals surface area contributed by atoms with Crippen LogP contribution in [0.3, 0.4) is 0 Å². The first-order valence-corrected chi connectivity index (χ1v) is 12.1. The van der Waals surface area contributed by atoms with Crippen molar-refractivity contribution in [3.05, 3.63) is 101 Å². The molecule has 0 bridgehead atoms. The first-order valence-electron chi connectivity index (χ1n) is 10.5. The van der Waals surface area contributed by atoms with E-state index in [1.807, 2.05) is 61.7 Å². The van der Waals surface area contributed by atoms with Crippen molar-refractivity contribution in [3.63, 3.8) is 0 Å². The second-order valence-electron chi connectivity index (χ2n) is 7.67. The number of nitrogens with one attached hydrogen (secondary N) is 1. The summed E-state index contributed by atoms with van der Waals surface area (Å²) in [7, 11) is 0. The highest BCUT2D eigenvalue weighted by atomic mass is 35.5. The zero-order chi connectivity index (χ0) is 24.2. The summed E-state index contributed by atoms with van der Waals surface area (Å²) in [5.74, 6) is -0.743. The van der Waals surface area contributed by atoms with Crippen LogP contribution in [0.15, 0.2) is 83.9 Å². The van der Waals surface area contributed by atoms with E-state index in [-0.39, 0.29) is 5.91 Å². The van der Waals surface area contributed by atoms with Gasteiger partial charge in [0.25, 0.3) is 5.91 Å². The topological polar surface area (TPSA) is 85.1 Å². The van der Waals surface area contributed by atoms with Gasteiger partial charge in [-0.3, -0.25) is 14.6 Å². The van der Waals surface area contributed by atoms with Gasteiger partial charge in [-0.25, -0.2) is 0 Å². The number of hydrogen-bond donors (Lipinski definition) is 2. The van der Waals surface area contributed by atoms with Crippen LogP contribution in [0.4, 0.5) is 5.69 Å². The van der Waals surface area contributed by atoms with Crippen LogP contribution >= 0.6 is 23.4 Å². The largest absolute Gasteiger partial charge is 0.366 e. The third-order valence-corrected chi connectivity index (χ3v) is 6.49. The van der Waals surface area contributed by atoms with E-state index in [1.165, 1.54) is 0 Å². The van der Waals surface area contributed by atoms with E-state index in [0.29, 0.717) is 21.8 Å². The number of anilines is 1. The molecule has 0 saturated carbocycles. The molecule has 0 aliphatic rings. The number of primary amides is 1. The van der Waals surface area contributed by atoms with Crippen LogP contribution in [0, 0.1) is 6.92 Å². The highest BCUT2D eigenvalue weighted by Gasteiger charge is 2.17. The molecular formula is C27H22ClN3O2S. The minimum absolute atomic E-state index is 0.254. The lowest BCUT2D eigenvalue weighted by Gasteiger charge is -2.15. The molecule has 7 heteroatoms. The molecule has 1 heterocycles. The molecule has 0 unspecified atom stereocenters. The Hall–Kier alpha value is -3.61. The SMILES string of the molecule is CSc1ccc(C(=O)Nc2ccc(Cl)c(-c3ccccn3)c2)c(-c2ccc(C(N)=O)cc2C)c1. The van der Waals surface area contributed by atoms with Crippen molar-refractivity contribution in [2.24, 2.45) is 5.73 Å². The molecule has 0 fully saturated rings. The third-order valence-electron chi connectivity index (χ3n) is 5.44. The number of aryl methyl sites for hydroxylation is 1. The zero-order valence-electron chi connectivity index (χ0n) is 18.6. The van der Waals surface area contributed by atoms with E-state index in [4.69, 9.17) is 17.3 Å². The second kappa shape index (κ2) is 10.1. The van der Waals surface area contributed by atoms with Gasteiger partial charge in [0, 0.05) is 33.5 Å². The van der Waals surface area contributed by atoms with E-state index in [0.717, 1.165) is 32.8 Å². The van der Waals surface area contributed by atoms with Crippen molar-refractivity contribution in [2.75, 3.05) is 11.6 Å². The summed E-state index contributed by atoms with van der Waals surface area (Å²) in [6, 6.07) is 21.8. The number of rotatable bonds is 6. The molecule has 3 aromatic carbocycles. The molecule has 4 rings (SSSR count). The average Bonchev–Trinajstić information content (AvgIpc) is 2.85. The maximum Gasteiger partial charge on any atom is 0.256 e. The van der Waals surface area contributed by atoms with Crippen LogP contribution in [0.25, 0.3) is 22.4 Å². The summed E-state index contributed by atoms with van der Waals surface area (Å²) >= 11 is 7.98.